The second-order valence-electron chi connectivity index (χ2n) is 5.35. The molecule has 0 saturated carbocycles. The lowest BCUT2D eigenvalue weighted by atomic mass is 10.1. The van der Waals surface area contributed by atoms with E-state index in [2.05, 4.69) is 5.32 Å². The highest BCUT2D eigenvalue weighted by atomic mass is 19.1. The van der Waals surface area contributed by atoms with Gasteiger partial charge in [-0.25, -0.2) is 4.39 Å². The molecular formula is C16H25FN2O2. The molecule has 3 N–H and O–H groups in total. The summed E-state index contributed by atoms with van der Waals surface area (Å²) in [4.78, 5) is 11.8. The third-order valence-electron chi connectivity index (χ3n) is 3.06. The summed E-state index contributed by atoms with van der Waals surface area (Å²) >= 11 is 0. The summed E-state index contributed by atoms with van der Waals surface area (Å²) in [5.41, 5.74) is 6.50. The van der Waals surface area contributed by atoms with E-state index in [4.69, 9.17) is 10.5 Å². The van der Waals surface area contributed by atoms with Gasteiger partial charge in [0.1, 0.15) is 0 Å². The van der Waals surface area contributed by atoms with E-state index in [1.54, 1.807) is 19.1 Å². The van der Waals surface area contributed by atoms with Crippen LogP contribution in [0.1, 0.15) is 39.2 Å². The monoisotopic (exact) mass is 296 g/mol. The third kappa shape index (κ3) is 6.12. The van der Waals surface area contributed by atoms with Crippen molar-refractivity contribution < 1.29 is 13.9 Å². The van der Waals surface area contributed by atoms with Crippen LogP contribution in [0.5, 0.6) is 5.75 Å². The molecule has 1 aromatic rings. The van der Waals surface area contributed by atoms with Gasteiger partial charge in [-0.3, -0.25) is 4.79 Å². The Morgan fingerprint density at radius 1 is 1.43 bits per heavy atom. The smallest absolute Gasteiger partial charge is 0.260 e. The van der Waals surface area contributed by atoms with Gasteiger partial charge in [0, 0.05) is 12.6 Å². The van der Waals surface area contributed by atoms with E-state index in [9.17, 15) is 9.18 Å². The lowest BCUT2D eigenvalue weighted by Crippen LogP contribution is -2.36. The Morgan fingerprint density at radius 3 is 2.71 bits per heavy atom. The number of nitrogens with one attached hydrogen (secondary N) is 1. The number of carbonyl (C=O) groups excluding carboxylic acids is 1. The van der Waals surface area contributed by atoms with Crippen LogP contribution >= 0.6 is 0 Å². The number of halogens is 1. The normalized spacial score (nSPS) is 13.6. The van der Waals surface area contributed by atoms with Crippen molar-refractivity contribution in [2.45, 2.75) is 52.2 Å². The van der Waals surface area contributed by atoms with Gasteiger partial charge in [0.05, 0.1) is 0 Å². The second kappa shape index (κ2) is 8.62. The Bertz CT molecular complexity index is 464. The van der Waals surface area contributed by atoms with Crippen molar-refractivity contribution in [3.8, 4) is 5.75 Å². The van der Waals surface area contributed by atoms with Crippen molar-refractivity contribution in [2.75, 3.05) is 6.54 Å². The summed E-state index contributed by atoms with van der Waals surface area (Å²) in [5, 5.41) is 2.76. The number of hydrogen-bond donors (Lipinski definition) is 2. The van der Waals surface area contributed by atoms with Crippen LogP contribution < -0.4 is 15.8 Å². The number of rotatable bonds is 8. The first-order valence-corrected chi connectivity index (χ1v) is 7.42. The van der Waals surface area contributed by atoms with Gasteiger partial charge < -0.3 is 15.8 Å². The summed E-state index contributed by atoms with van der Waals surface area (Å²) in [6, 6.07) is 4.69. The van der Waals surface area contributed by atoms with Gasteiger partial charge in [-0.2, -0.15) is 0 Å². The molecule has 0 fully saturated rings. The van der Waals surface area contributed by atoms with Crippen molar-refractivity contribution in [1.82, 2.24) is 5.32 Å². The highest BCUT2D eigenvalue weighted by Crippen LogP contribution is 2.20. The maximum absolute atomic E-state index is 13.9. The molecule has 0 aromatic heterocycles. The largest absolute Gasteiger partial charge is 0.478 e. The van der Waals surface area contributed by atoms with Crippen molar-refractivity contribution in [1.29, 1.82) is 0 Å². The van der Waals surface area contributed by atoms with Crippen molar-refractivity contribution in [3.63, 3.8) is 0 Å². The number of nitrogens with two attached hydrogens (primary N) is 1. The van der Waals surface area contributed by atoms with Crippen molar-refractivity contribution in [2.24, 2.45) is 5.73 Å². The molecule has 0 bridgehead atoms. The van der Waals surface area contributed by atoms with Crippen molar-refractivity contribution in [3.05, 3.63) is 29.6 Å². The molecule has 0 heterocycles. The number of ether oxygens (including phenoxy) is 1. The summed E-state index contributed by atoms with van der Waals surface area (Å²) in [5.74, 6) is -0.620. The van der Waals surface area contributed by atoms with Crippen LogP contribution in [0.15, 0.2) is 18.2 Å². The summed E-state index contributed by atoms with van der Waals surface area (Å²) in [7, 11) is 0. The van der Waals surface area contributed by atoms with E-state index >= 15 is 0 Å². The molecule has 1 aromatic carbocycles. The number of carbonyl (C=O) groups is 1. The molecule has 1 rings (SSSR count). The molecular weight excluding hydrogens is 271 g/mol. The van der Waals surface area contributed by atoms with Gasteiger partial charge in [-0.05, 0) is 44.4 Å². The molecule has 0 radical (unpaired) electrons. The standard InChI is InChI=1S/C16H25FN2O2/c1-4-5-8-19-16(20)12(3)21-15-7-6-13(9-11(2)18)10-14(15)17/h6-7,10-12H,4-5,8-9,18H2,1-3H3,(H,19,20). The molecule has 2 atom stereocenters. The van der Waals surface area contributed by atoms with Crippen LogP contribution in [0, 0.1) is 5.82 Å². The minimum absolute atomic E-state index is 0.0283. The second-order valence-corrected chi connectivity index (χ2v) is 5.35. The van der Waals surface area contributed by atoms with Crippen molar-refractivity contribution >= 4 is 5.91 Å². The molecule has 5 heteroatoms. The fraction of sp³-hybridized carbons (Fsp3) is 0.562. The van der Waals surface area contributed by atoms with Gasteiger partial charge in [-0.1, -0.05) is 19.4 Å². The van der Waals surface area contributed by atoms with Crippen LogP contribution in [0.25, 0.3) is 0 Å². The predicted molar refractivity (Wildman–Crippen MR) is 81.8 cm³/mol. The maximum Gasteiger partial charge on any atom is 0.260 e. The van der Waals surface area contributed by atoms with Gasteiger partial charge in [-0.15, -0.1) is 0 Å². The molecule has 4 nitrogen and oxygen atoms in total. The molecule has 1 amide bonds. The zero-order valence-electron chi connectivity index (χ0n) is 13.0. The number of benzene rings is 1. The third-order valence-corrected chi connectivity index (χ3v) is 3.06. The van der Waals surface area contributed by atoms with Crippen LogP contribution in [-0.4, -0.2) is 24.6 Å². The Balaban J connectivity index is 2.59. The van der Waals surface area contributed by atoms with Gasteiger partial charge >= 0.3 is 0 Å². The summed E-state index contributed by atoms with van der Waals surface area (Å²) in [6.07, 6.45) is 1.80. The average Bonchev–Trinajstić information content (AvgIpc) is 2.41. The number of unbranched alkanes of at least 4 members (excludes halogenated alkanes) is 1. The van der Waals surface area contributed by atoms with Crippen LogP contribution in [0.4, 0.5) is 4.39 Å². The van der Waals surface area contributed by atoms with Gasteiger partial charge in [0.15, 0.2) is 17.7 Å². The Labute approximate surface area is 125 Å². The first kappa shape index (κ1) is 17.4. The number of hydrogen-bond acceptors (Lipinski definition) is 3. The SMILES string of the molecule is CCCCNC(=O)C(C)Oc1ccc(CC(C)N)cc1F. The molecule has 0 saturated heterocycles. The quantitative estimate of drug-likeness (QED) is 0.724. The molecule has 0 spiro atoms. The molecule has 21 heavy (non-hydrogen) atoms. The first-order valence-electron chi connectivity index (χ1n) is 7.42. The van der Waals surface area contributed by atoms with E-state index in [-0.39, 0.29) is 17.7 Å². The zero-order chi connectivity index (χ0) is 15.8. The Kier molecular flexibility index (Phi) is 7.15. The van der Waals surface area contributed by atoms with E-state index in [1.807, 2.05) is 13.8 Å². The Morgan fingerprint density at radius 2 is 2.14 bits per heavy atom. The van der Waals surface area contributed by atoms with E-state index in [0.29, 0.717) is 13.0 Å². The topological polar surface area (TPSA) is 64.3 Å². The van der Waals surface area contributed by atoms with E-state index < -0.39 is 11.9 Å². The van der Waals surface area contributed by atoms with Gasteiger partial charge in [0.2, 0.25) is 0 Å². The minimum Gasteiger partial charge on any atom is -0.478 e. The molecule has 0 aliphatic rings. The van der Waals surface area contributed by atoms with E-state index in [1.165, 1.54) is 6.07 Å². The predicted octanol–water partition coefficient (Wildman–Crippen LogP) is 2.40. The lowest BCUT2D eigenvalue weighted by Gasteiger charge is -2.16. The van der Waals surface area contributed by atoms with E-state index in [0.717, 1.165) is 18.4 Å². The van der Waals surface area contributed by atoms with Crippen LogP contribution in [-0.2, 0) is 11.2 Å². The fourth-order valence-electron chi connectivity index (χ4n) is 1.91. The maximum atomic E-state index is 13.9. The van der Waals surface area contributed by atoms with Gasteiger partial charge in [0.25, 0.3) is 5.91 Å². The van der Waals surface area contributed by atoms with Crippen LogP contribution in [0.3, 0.4) is 0 Å². The van der Waals surface area contributed by atoms with Crippen LogP contribution in [0.2, 0.25) is 0 Å². The first-order chi connectivity index (χ1) is 9.93. The molecule has 2 unspecified atom stereocenters. The molecule has 0 aliphatic carbocycles. The molecule has 118 valence electrons. The highest BCUT2D eigenvalue weighted by Gasteiger charge is 2.16. The Hall–Kier alpha value is -1.62. The minimum atomic E-state index is -0.726. The summed E-state index contributed by atoms with van der Waals surface area (Å²) in [6.45, 7) is 6.13. The summed E-state index contributed by atoms with van der Waals surface area (Å²) < 4.78 is 19.3. The highest BCUT2D eigenvalue weighted by molar-refractivity contribution is 5.80. The average molecular weight is 296 g/mol. The zero-order valence-corrected chi connectivity index (χ0v) is 13.0. The number of amides is 1. The fourth-order valence-corrected chi connectivity index (χ4v) is 1.91. The molecule has 0 aliphatic heterocycles. The lowest BCUT2D eigenvalue weighted by molar-refractivity contribution is -0.127.